The van der Waals surface area contributed by atoms with E-state index < -0.39 is 0 Å². The van der Waals surface area contributed by atoms with Crippen LogP contribution in [0.15, 0.2) is 42.6 Å². The molecule has 2 aromatic heterocycles. The van der Waals surface area contributed by atoms with Crippen LogP contribution in [0, 0.1) is 0 Å². The molecule has 1 aromatic carbocycles. The minimum Gasteiger partial charge on any atom is -0.386 e. The number of benzene rings is 1. The van der Waals surface area contributed by atoms with Gasteiger partial charge in [0.15, 0.2) is 5.65 Å². The van der Waals surface area contributed by atoms with Gasteiger partial charge in [0.2, 0.25) is 5.95 Å². The van der Waals surface area contributed by atoms with Gasteiger partial charge in [-0.3, -0.25) is 9.47 Å². The fourth-order valence-electron chi connectivity index (χ4n) is 3.50. The summed E-state index contributed by atoms with van der Waals surface area (Å²) in [6.07, 6.45) is 1.83. The van der Waals surface area contributed by atoms with E-state index in [0.717, 1.165) is 55.5 Å². The third-order valence-corrected chi connectivity index (χ3v) is 4.91. The fraction of sp³-hybridized carbons (Fsp3) is 0.368. The minimum atomic E-state index is 0.925. The Morgan fingerprint density at radius 3 is 2.52 bits per heavy atom. The van der Waals surface area contributed by atoms with Crippen molar-refractivity contribution < 1.29 is 0 Å². The Bertz CT molecular complexity index is 849. The first-order valence-electron chi connectivity index (χ1n) is 8.76. The number of pyridine rings is 1. The topological polar surface area (TPSA) is 49.2 Å². The summed E-state index contributed by atoms with van der Waals surface area (Å²) in [4.78, 5) is 14.2. The average Bonchev–Trinajstić information content (AvgIpc) is 3.00. The lowest BCUT2D eigenvalue weighted by Gasteiger charge is -2.35. The molecule has 1 saturated heterocycles. The maximum absolute atomic E-state index is 4.86. The van der Waals surface area contributed by atoms with E-state index in [1.807, 2.05) is 26.4 Å². The number of hydrogen-bond acceptors (Lipinski definition) is 5. The van der Waals surface area contributed by atoms with Gasteiger partial charge in [0.05, 0.1) is 5.69 Å². The highest BCUT2D eigenvalue weighted by Crippen LogP contribution is 2.26. The molecule has 6 nitrogen and oxygen atoms in total. The van der Waals surface area contributed by atoms with Crippen molar-refractivity contribution in [3.63, 3.8) is 0 Å². The minimum absolute atomic E-state index is 0.925. The average molecular weight is 336 g/mol. The second kappa shape index (κ2) is 6.72. The SMILES string of the molecule is CNc1ccnc2c1nc(N1CCN(Cc3ccccc3)CC1)n2C. The van der Waals surface area contributed by atoms with Crippen LogP contribution >= 0.6 is 0 Å². The van der Waals surface area contributed by atoms with Gasteiger partial charge >= 0.3 is 0 Å². The molecule has 1 fully saturated rings. The van der Waals surface area contributed by atoms with Crippen molar-refractivity contribution in [3.8, 4) is 0 Å². The summed E-state index contributed by atoms with van der Waals surface area (Å²) in [5.41, 5.74) is 4.26. The van der Waals surface area contributed by atoms with Gasteiger partial charge in [0.1, 0.15) is 5.52 Å². The molecule has 0 amide bonds. The molecule has 1 aliphatic heterocycles. The van der Waals surface area contributed by atoms with Gasteiger partial charge in [-0.15, -0.1) is 0 Å². The molecule has 0 unspecified atom stereocenters. The van der Waals surface area contributed by atoms with E-state index in [1.54, 1.807) is 0 Å². The van der Waals surface area contributed by atoms with Crippen LogP contribution in [0.4, 0.5) is 11.6 Å². The van der Waals surface area contributed by atoms with Crippen LogP contribution in [0.1, 0.15) is 5.56 Å². The molecule has 0 aliphatic carbocycles. The smallest absolute Gasteiger partial charge is 0.207 e. The van der Waals surface area contributed by atoms with Crippen LogP contribution < -0.4 is 10.2 Å². The molecular formula is C19H24N6. The maximum atomic E-state index is 4.86. The Hall–Kier alpha value is -2.60. The normalized spacial score (nSPS) is 15.7. The Morgan fingerprint density at radius 2 is 1.80 bits per heavy atom. The zero-order chi connectivity index (χ0) is 17.2. The van der Waals surface area contributed by atoms with E-state index in [1.165, 1.54) is 5.56 Å². The van der Waals surface area contributed by atoms with Crippen LogP contribution in [0.25, 0.3) is 11.2 Å². The lowest BCUT2D eigenvalue weighted by Crippen LogP contribution is -2.46. The van der Waals surface area contributed by atoms with Crippen LogP contribution in [0.3, 0.4) is 0 Å². The molecule has 3 aromatic rings. The zero-order valence-electron chi connectivity index (χ0n) is 14.8. The maximum Gasteiger partial charge on any atom is 0.207 e. The van der Waals surface area contributed by atoms with Crippen molar-refractivity contribution in [1.29, 1.82) is 0 Å². The van der Waals surface area contributed by atoms with Crippen molar-refractivity contribution >= 4 is 22.8 Å². The number of nitrogens with zero attached hydrogens (tertiary/aromatic N) is 5. The van der Waals surface area contributed by atoms with Crippen LogP contribution in [0.5, 0.6) is 0 Å². The van der Waals surface area contributed by atoms with Gasteiger partial charge in [-0.05, 0) is 11.6 Å². The monoisotopic (exact) mass is 336 g/mol. The summed E-state index contributed by atoms with van der Waals surface area (Å²) >= 11 is 0. The van der Waals surface area contributed by atoms with Gasteiger partial charge in [0.25, 0.3) is 0 Å². The first-order chi connectivity index (χ1) is 12.3. The van der Waals surface area contributed by atoms with Gasteiger partial charge in [0, 0.05) is 53.0 Å². The van der Waals surface area contributed by atoms with Crippen LogP contribution in [-0.4, -0.2) is 52.7 Å². The molecule has 25 heavy (non-hydrogen) atoms. The summed E-state index contributed by atoms with van der Waals surface area (Å²) in [6.45, 7) is 5.08. The molecule has 4 rings (SSSR count). The second-order valence-electron chi connectivity index (χ2n) is 6.50. The lowest BCUT2D eigenvalue weighted by atomic mass is 10.2. The number of rotatable bonds is 4. The van der Waals surface area contributed by atoms with E-state index in [9.17, 15) is 0 Å². The number of anilines is 2. The van der Waals surface area contributed by atoms with Crippen molar-refractivity contribution in [3.05, 3.63) is 48.2 Å². The third-order valence-electron chi connectivity index (χ3n) is 4.91. The van der Waals surface area contributed by atoms with Gasteiger partial charge in [-0.1, -0.05) is 30.3 Å². The molecule has 0 atom stereocenters. The standard InChI is InChI=1S/C19H24N6/c1-20-16-8-9-21-18-17(16)22-19(23(18)2)25-12-10-24(11-13-25)14-15-6-4-3-5-7-15/h3-9H,10-14H2,1-2H3,(H,20,21). The van der Waals surface area contributed by atoms with Gasteiger partial charge < -0.3 is 10.2 Å². The number of aryl methyl sites for hydroxylation is 1. The number of aromatic nitrogens is 3. The van der Waals surface area contributed by atoms with Crippen LogP contribution in [-0.2, 0) is 13.6 Å². The molecule has 1 N–H and O–H groups in total. The molecule has 130 valence electrons. The van der Waals surface area contributed by atoms with Crippen molar-refractivity contribution in [2.45, 2.75) is 6.54 Å². The Labute approximate surface area is 148 Å². The predicted molar refractivity (Wildman–Crippen MR) is 102 cm³/mol. The summed E-state index contributed by atoms with van der Waals surface area (Å²) in [5.74, 6) is 1.00. The summed E-state index contributed by atoms with van der Waals surface area (Å²) in [6, 6.07) is 12.7. The Kier molecular flexibility index (Phi) is 4.28. The number of hydrogen-bond donors (Lipinski definition) is 1. The Balaban J connectivity index is 1.49. The predicted octanol–water partition coefficient (Wildman–Crippen LogP) is 2.33. The summed E-state index contributed by atoms with van der Waals surface area (Å²) in [5, 5.41) is 3.21. The first kappa shape index (κ1) is 15.9. The van der Waals surface area contributed by atoms with E-state index in [4.69, 9.17) is 4.98 Å². The quantitative estimate of drug-likeness (QED) is 0.792. The highest BCUT2D eigenvalue weighted by Gasteiger charge is 2.22. The van der Waals surface area contributed by atoms with Crippen LogP contribution in [0.2, 0.25) is 0 Å². The first-order valence-corrected chi connectivity index (χ1v) is 8.76. The number of fused-ring (bicyclic) bond motifs is 1. The second-order valence-corrected chi connectivity index (χ2v) is 6.50. The third kappa shape index (κ3) is 3.05. The molecule has 1 aliphatic rings. The molecule has 6 heteroatoms. The number of piperazine rings is 1. The number of imidazole rings is 1. The molecule has 3 heterocycles. The van der Waals surface area contributed by atoms with E-state index in [-0.39, 0.29) is 0 Å². The van der Waals surface area contributed by atoms with E-state index >= 15 is 0 Å². The van der Waals surface area contributed by atoms with Crippen molar-refractivity contribution in [2.75, 3.05) is 43.4 Å². The molecule has 0 radical (unpaired) electrons. The molecule has 0 spiro atoms. The largest absolute Gasteiger partial charge is 0.386 e. The summed E-state index contributed by atoms with van der Waals surface area (Å²) in [7, 11) is 3.97. The van der Waals surface area contributed by atoms with Crippen molar-refractivity contribution in [2.24, 2.45) is 7.05 Å². The Morgan fingerprint density at radius 1 is 1.04 bits per heavy atom. The van der Waals surface area contributed by atoms with Gasteiger partial charge in [-0.2, -0.15) is 0 Å². The fourth-order valence-corrected chi connectivity index (χ4v) is 3.50. The summed E-state index contributed by atoms with van der Waals surface area (Å²) < 4.78 is 2.10. The highest BCUT2D eigenvalue weighted by molar-refractivity contribution is 5.87. The highest BCUT2D eigenvalue weighted by atomic mass is 15.4. The zero-order valence-corrected chi connectivity index (χ0v) is 14.8. The van der Waals surface area contributed by atoms with E-state index in [2.05, 4.69) is 55.0 Å². The molecule has 0 bridgehead atoms. The molecule has 0 saturated carbocycles. The lowest BCUT2D eigenvalue weighted by molar-refractivity contribution is 0.248. The van der Waals surface area contributed by atoms with Crippen molar-refractivity contribution in [1.82, 2.24) is 19.4 Å². The van der Waals surface area contributed by atoms with Gasteiger partial charge in [-0.25, -0.2) is 9.97 Å². The van der Waals surface area contributed by atoms with E-state index in [0.29, 0.717) is 0 Å². The number of nitrogens with one attached hydrogen (secondary N) is 1. The molecular weight excluding hydrogens is 312 g/mol.